The summed E-state index contributed by atoms with van der Waals surface area (Å²) in [5.74, 6) is -0.631. The second-order valence-electron chi connectivity index (χ2n) is 9.59. The van der Waals surface area contributed by atoms with Gasteiger partial charge in [-0.25, -0.2) is 4.98 Å². The summed E-state index contributed by atoms with van der Waals surface area (Å²) < 4.78 is 7.72. The highest BCUT2D eigenvalue weighted by atomic mass is 16.5. The third-order valence-electron chi connectivity index (χ3n) is 6.81. The molecule has 0 radical (unpaired) electrons. The van der Waals surface area contributed by atoms with Gasteiger partial charge in [-0.05, 0) is 54.8 Å². The number of Topliss-reactive ketones (excluding diaryl/α,β-unsaturated/α-hetero) is 1. The van der Waals surface area contributed by atoms with Crippen LogP contribution in [0.5, 0.6) is 5.75 Å². The number of hydrogen-bond acceptors (Lipinski definition) is 6. The third kappa shape index (κ3) is 4.34. The molecule has 0 unspecified atom stereocenters. The second kappa shape index (κ2) is 9.53. The van der Waals surface area contributed by atoms with E-state index in [2.05, 4.69) is 4.98 Å². The molecule has 8 heteroatoms. The number of anilines is 1. The maximum absolute atomic E-state index is 13.3. The topological polar surface area (TPSA) is 87.9 Å². The lowest BCUT2D eigenvalue weighted by atomic mass is 9.94. The Balaban J connectivity index is 1.53. The Morgan fingerprint density at radius 2 is 1.92 bits per heavy atom. The van der Waals surface area contributed by atoms with E-state index >= 15 is 0 Å². The number of nitrogens with zero attached hydrogens (tertiary/aromatic N) is 4. The normalized spacial score (nSPS) is 20.5. The highest BCUT2D eigenvalue weighted by Gasteiger charge is 2.45. The van der Waals surface area contributed by atoms with Crippen LogP contribution in [0.15, 0.2) is 66.8 Å². The van der Waals surface area contributed by atoms with Crippen molar-refractivity contribution in [2.24, 2.45) is 0 Å². The summed E-state index contributed by atoms with van der Waals surface area (Å²) in [6.45, 7) is 3.03. The van der Waals surface area contributed by atoms with Gasteiger partial charge in [0.1, 0.15) is 17.6 Å². The van der Waals surface area contributed by atoms with E-state index in [1.54, 1.807) is 23.5 Å². The van der Waals surface area contributed by atoms with Crippen molar-refractivity contribution in [1.29, 1.82) is 0 Å². The van der Waals surface area contributed by atoms with Crippen LogP contribution >= 0.6 is 0 Å². The fraction of sp³-hybridized carbons (Fsp3) is 0.321. The van der Waals surface area contributed by atoms with Gasteiger partial charge in [-0.15, -0.1) is 0 Å². The highest BCUT2D eigenvalue weighted by molar-refractivity contribution is 6.46. The van der Waals surface area contributed by atoms with E-state index in [-0.39, 0.29) is 17.4 Å². The van der Waals surface area contributed by atoms with E-state index in [1.165, 1.54) is 0 Å². The molecule has 8 nitrogen and oxygen atoms in total. The van der Waals surface area contributed by atoms with Gasteiger partial charge in [-0.2, -0.15) is 0 Å². The second-order valence-corrected chi connectivity index (χ2v) is 9.59. The molecule has 0 bridgehead atoms. The van der Waals surface area contributed by atoms with E-state index in [9.17, 15) is 14.7 Å². The summed E-state index contributed by atoms with van der Waals surface area (Å²) in [5.41, 5.74) is 3.39. The Morgan fingerprint density at radius 1 is 1.14 bits per heavy atom. The monoisotopic (exact) mass is 486 g/mol. The van der Waals surface area contributed by atoms with Gasteiger partial charge in [-0.1, -0.05) is 12.1 Å². The van der Waals surface area contributed by atoms with Crippen LogP contribution in [0.3, 0.4) is 0 Å². The quantitative estimate of drug-likeness (QED) is 0.311. The van der Waals surface area contributed by atoms with Crippen molar-refractivity contribution in [3.63, 3.8) is 0 Å². The SMILES string of the molecule is C[C@H]1Cc2cc(/C(O)=C3\C(=O)C(=O)N(CCCn4ccnc4)[C@H]3c3ccc(N(C)C)cc3)ccc2O1. The molecule has 0 spiro atoms. The molecular weight excluding hydrogens is 456 g/mol. The van der Waals surface area contributed by atoms with E-state index in [0.717, 1.165) is 29.0 Å². The number of aliphatic hydroxyl groups is 1. The summed E-state index contributed by atoms with van der Waals surface area (Å²) in [6, 6.07) is 12.5. The van der Waals surface area contributed by atoms with Crippen LogP contribution in [0.4, 0.5) is 5.69 Å². The molecule has 5 rings (SSSR count). The molecule has 1 aromatic heterocycles. The minimum absolute atomic E-state index is 0.0636. The zero-order valence-corrected chi connectivity index (χ0v) is 20.7. The van der Waals surface area contributed by atoms with Crippen LogP contribution in [-0.2, 0) is 22.6 Å². The molecule has 2 aromatic carbocycles. The smallest absolute Gasteiger partial charge is 0.295 e. The highest BCUT2D eigenvalue weighted by Crippen LogP contribution is 2.41. The van der Waals surface area contributed by atoms with Gasteiger partial charge in [0.15, 0.2) is 0 Å². The van der Waals surface area contributed by atoms with Crippen LogP contribution in [0.25, 0.3) is 5.76 Å². The van der Waals surface area contributed by atoms with Gasteiger partial charge in [0.25, 0.3) is 11.7 Å². The molecule has 0 saturated carbocycles. The molecule has 3 aromatic rings. The number of ketones is 1. The van der Waals surface area contributed by atoms with Crippen LogP contribution in [0.1, 0.15) is 36.1 Å². The lowest BCUT2D eigenvalue weighted by Crippen LogP contribution is -2.31. The third-order valence-corrected chi connectivity index (χ3v) is 6.81. The predicted molar refractivity (Wildman–Crippen MR) is 137 cm³/mol. The number of hydrogen-bond donors (Lipinski definition) is 1. The Hall–Kier alpha value is -4.07. The van der Waals surface area contributed by atoms with Crippen molar-refractivity contribution >= 4 is 23.1 Å². The van der Waals surface area contributed by atoms with Crippen LogP contribution in [0, 0.1) is 0 Å². The Morgan fingerprint density at radius 3 is 2.61 bits per heavy atom. The molecule has 1 fully saturated rings. The van der Waals surface area contributed by atoms with Crippen molar-refractivity contribution in [2.45, 2.75) is 38.5 Å². The van der Waals surface area contributed by atoms with Gasteiger partial charge in [0.05, 0.1) is 17.9 Å². The predicted octanol–water partition coefficient (Wildman–Crippen LogP) is 3.78. The number of rotatable bonds is 7. The minimum atomic E-state index is -0.674. The van der Waals surface area contributed by atoms with Crippen molar-refractivity contribution in [1.82, 2.24) is 14.5 Å². The molecule has 2 aliphatic heterocycles. The zero-order valence-electron chi connectivity index (χ0n) is 20.7. The summed E-state index contributed by atoms with van der Waals surface area (Å²) in [5, 5.41) is 11.4. The zero-order chi connectivity index (χ0) is 25.4. The van der Waals surface area contributed by atoms with Crippen molar-refractivity contribution in [3.05, 3.63) is 83.4 Å². The molecule has 36 heavy (non-hydrogen) atoms. The average Bonchev–Trinajstić information content (AvgIpc) is 3.57. The number of carbonyl (C=O) groups excluding carboxylic acids is 2. The first-order chi connectivity index (χ1) is 17.3. The fourth-order valence-electron chi connectivity index (χ4n) is 4.98. The van der Waals surface area contributed by atoms with Gasteiger partial charge in [0, 0.05) is 57.3 Å². The molecule has 3 heterocycles. The van der Waals surface area contributed by atoms with E-state index in [4.69, 9.17) is 4.74 Å². The van der Waals surface area contributed by atoms with E-state index in [0.29, 0.717) is 25.1 Å². The maximum Gasteiger partial charge on any atom is 0.295 e. The average molecular weight is 487 g/mol. The maximum atomic E-state index is 13.3. The number of benzene rings is 2. The van der Waals surface area contributed by atoms with E-state index < -0.39 is 17.7 Å². The molecule has 1 N–H and O–H groups in total. The lowest BCUT2D eigenvalue weighted by Gasteiger charge is -2.26. The first-order valence-corrected chi connectivity index (χ1v) is 12.1. The number of fused-ring (bicyclic) bond motifs is 1. The number of ether oxygens (including phenoxy) is 1. The van der Waals surface area contributed by atoms with Crippen molar-refractivity contribution < 1.29 is 19.4 Å². The minimum Gasteiger partial charge on any atom is -0.507 e. The number of amides is 1. The molecule has 2 atom stereocenters. The molecule has 1 amide bonds. The van der Waals surface area contributed by atoms with Gasteiger partial charge in [0.2, 0.25) is 0 Å². The lowest BCUT2D eigenvalue weighted by molar-refractivity contribution is -0.139. The van der Waals surface area contributed by atoms with Crippen molar-refractivity contribution in [2.75, 3.05) is 25.5 Å². The summed E-state index contributed by atoms with van der Waals surface area (Å²) in [7, 11) is 3.91. The van der Waals surface area contributed by atoms with Crippen molar-refractivity contribution in [3.8, 4) is 5.75 Å². The van der Waals surface area contributed by atoms with Crippen LogP contribution in [-0.4, -0.2) is 58.0 Å². The summed E-state index contributed by atoms with van der Waals surface area (Å²) >= 11 is 0. The fourth-order valence-corrected chi connectivity index (χ4v) is 4.98. The molecule has 186 valence electrons. The Labute approximate surface area is 210 Å². The Kier molecular flexibility index (Phi) is 6.26. The number of imidazole rings is 1. The van der Waals surface area contributed by atoms with Gasteiger partial charge in [-0.3, -0.25) is 9.59 Å². The standard InChI is InChI=1S/C28H30N4O4/c1-18-15-21-16-20(7-10-23(21)36-18)26(33)24-25(19-5-8-22(9-6-19)30(2)3)32(28(35)27(24)34)13-4-12-31-14-11-29-17-31/h5-11,14,16-18,25,33H,4,12-13,15H2,1-3H3/b26-24+/t18-,25-/m0/s1. The number of carbonyl (C=O) groups is 2. The summed E-state index contributed by atoms with van der Waals surface area (Å²) in [6.07, 6.45) is 6.74. The van der Waals surface area contributed by atoms with Gasteiger partial charge >= 0.3 is 0 Å². The van der Waals surface area contributed by atoms with Crippen LogP contribution in [0.2, 0.25) is 0 Å². The number of aromatic nitrogens is 2. The number of likely N-dealkylation sites (tertiary alicyclic amines) is 1. The first-order valence-electron chi connectivity index (χ1n) is 12.1. The van der Waals surface area contributed by atoms with Crippen LogP contribution < -0.4 is 9.64 Å². The largest absolute Gasteiger partial charge is 0.507 e. The van der Waals surface area contributed by atoms with Gasteiger partial charge < -0.3 is 24.2 Å². The number of aliphatic hydroxyl groups excluding tert-OH is 1. The van der Waals surface area contributed by atoms with E-state index in [1.807, 2.05) is 73.1 Å². The molecule has 0 aliphatic carbocycles. The summed E-state index contributed by atoms with van der Waals surface area (Å²) in [4.78, 5) is 34.1. The Bertz CT molecular complexity index is 1310. The molecular formula is C28H30N4O4. The molecule has 2 aliphatic rings. The number of aryl methyl sites for hydroxylation is 1. The first kappa shape index (κ1) is 23.7. The molecule has 1 saturated heterocycles.